The Hall–Kier alpha value is -5.04. The molecule has 3 heterocycles. The lowest BCUT2D eigenvalue weighted by atomic mass is 9.91. The van der Waals surface area contributed by atoms with Crippen LogP contribution in [0.1, 0.15) is 123 Å². The van der Waals surface area contributed by atoms with Gasteiger partial charge in [-0.3, -0.25) is 33.6 Å². The maximum absolute atomic E-state index is 14.4. The molecule has 7 amide bonds. The Labute approximate surface area is 432 Å². The molecule has 1 aromatic carbocycles. The molecule has 23 heteroatoms. The number of carbonyl (C=O) groups is 7. The number of nitrogens with two attached hydrogens (primary N) is 1. The third-order valence-electron chi connectivity index (χ3n) is 14.1. The Bertz CT molecular complexity index is 2030. The van der Waals surface area contributed by atoms with E-state index >= 15 is 0 Å². The fraction of sp³-hybridized carbons (Fsp3) is 0.720. The number of fused-ring (bicyclic) bond motifs is 2. The van der Waals surface area contributed by atoms with Gasteiger partial charge in [-0.25, -0.2) is 0 Å². The normalized spacial score (nSPS) is 28.0. The van der Waals surface area contributed by atoms with Gasteiger partial charge in [-0.1, -0.05) is 90.1 Å². The lowest BCUT2D eigenvalue weighted by molar-refractivity contribution is -0.147. The van der Waals surface area contributed by atoms with Gasteiger partial charge in [0.25, 0.3) is 0 Å². The van der Waals surface area contributed by atoms with Gasteiger partial charge in [-0.2, -0.15) is 0 Å². The van der Waals surface area contributed by atoms with E-state index in [-0.39, 0.29) is 36.5 Å². The zero-order valence-electron chi connectivity index (χ0n) is 42.5. The van der Waals surface area contributed by atoms with Crippen LogP contribution in [0.25, 0.3) is 0 Å². The van der Waals surface area contributed by atoms with Crippen LogP contribution in [-0.4, -0.2) is 184 Å². The number of thiocarbonyl (C=S) groups is 1. The van der Waals surface area contributed by atoms with Crippen LogP contribution in [0.4, 0.5) is 0 Å². The maximum Gasteiger partial charge on any atom is 0.248 e. The third kappa shape index (κ3) is 18.4. The standard InChI is InChI=1S/C50H80N8O14S/c1-5-27(2)20-28(3)12-10-8-6-7-9-11-13-40(66)53-34-22-32(61)25-52-48(70)44-36(63)18-19-57(44)50(72)43(38(65)24-39(51)73)56-47(69)42(37(64)21-30-14-16-31(60)17-15-30)55-46(68)35-23-33(62)26-58(35)49(71)41(29(4)59)54-45(34)67/h14-17,27-29,32-38,41-44,59-65H,5-13,18-26H2,1-4H3,(H2,51,73)(H,52,70)(H,53,66)(H,54,67)(H,55,68)(H,56,69)/t27?,28?,29-,32-,33-,34+,35+,36+,37-,38-,41+,42+,43+,44+/m1/s1. The Kier molecular flexibility index (Phi) is 24.2. The number of hydrogen-bond acceptors (Lipinski definition) is 15. The summed E-state index contributed by atoms with van der Waals surface area (Å²) in [4.78, 5) is 100. The summed E-state index contributed by atoms with van der Waals surface area (Å²) in [5, 5.41) is 89.2. The molecule has 0 aliphatic carbocycles. The predicted octanol–water partition coefficient (Wildman–Crippen LogP) is -1.35. The van der Waals surface area contributed by atoms with Gasteiger partial charge in [0, 0.05) is 51.7 Å². The quantitative estimate of drug-likeness (QED) is 0.0531. The van der Waals surface area contributed by atoms with Crippen LogP contribution >= 0.6 is 12.2 Å². The van der Waals surface area contributed by atoms with Crippen molar-refractivity contribution in [2.75, 3.05) is 19.6 Å². The van der Waals surface area contributed by atoms with Gasteiger partial charge in [0.05, 0.1) is 41.6 Å². The first-order chi connectivity index (χ1) is 34.5. The van der Waals surface area contributed by atoms with Crippen molar-refractivity contribution in [1.82, 2.24) is 36.4 Å². The molecule has 0 spiro atoms. The second-order valence-corrected chi connectivity index (χ2v) is 20.9. The lowest BCUT2D eigenvalue weighted by Crippen LogP contribution is -2.64. The zero-order chi connectivity index (χ0) is 54.1. The molecule has 0 bridgehead atoms. The Balaban J connectivity index is 1.65. The van der Waals surface area contributed by atoms with E-state index in [9.17, 15) is 69.3 Å². The monoisotopic (exact) mass is 1050 g/mol. The predicted molar refractivity (Wildman–Crippen MR) is 271 cm³/mol. The van der Waals surface area contributed by atoms with Crippen molar-refractivity contribution < 1.29 is 69.3 Å². The summed E-state index contributed by atoms with van der Waals surface area (Å²) in [5.41, 5.74) is 6.10. The number of carbonyl (C=O) groups excluding carboxylic acids is 7. The van der Waals surface area contributed by atoms with Gasteiger partial charge in [-0.05, 0) is 55.7 Å². The topological polar surface area (TPSA) is 354 Å². The molecule has 22 nitrogen and oxygen atoms in total. The van der Waals surface area contributed by atoms with E-state index in [0.717, 1.165) is 54.7 Å². The van der Waals surface area contributed by atoms with E-state index in [1.54, 1.807) is 0 Å². The van der Waals surface area contributed by atoms with Crippen LogP contribution in [0.2, 0.25) is 0 Å². The number of aliphatic hydroxyl groups excluding tert-OH is 6. The summed E-state index contributed by atoms with van der Waals surface area (Å²) in [5.74, 6) is -5.79. The first-order valence-corrected chi connectivity index (χ1v) is 26.2. The third-order valence-corrected chi connectivity index (χ3v) is 14.2. The molecule has 4 rings (SSSR count). The molecule has 0 saturated carbocycles. The number of amides is 7. The van der Waals surface area contributed by atoms with E-state index in [0.29, 0.717) is 23.8 Å². The zero-order valence-corrected chi connectivity index (χ0v) is 43.3. The van der Waals surface area contributed by atoms with Crippen LogP contribution in [0.5, 0.6) is 5.75 Å². The molecular weight excluding hydrogens is 969 g/mol. The second-order valence-electron chi connectivity index (χ2n) is 20.4. The maximum atomic E-state index is 14.4. The van der Waals surface area contributed by atoms with Crippen molar-refractivity contribution in [2.45, 2.75) is 197 Å². The number of aliphatic hydroxyl groups is 6. The summed E-state index contributed by atoms with van der Waals surface area (Å²) in [6, 6.07) is -5.03. The molecule has 3 aliphatic heterocycles. The summed E-state index contributed by atoms with van der Waals surface area (Å²) in [7, 11) is 0. The largest absolute Gasteiger partial charge is 0.508 e. The molecule has 14 N–H and O–H groups in total. The summed E-state index contributed by atoms with van der Waals surface area (Å²) >= 11 is 4.98. The first-order valence-electron chi connectivity index (χ1n) is 25.7. The number of phenolic OH excluding ortho intramolecular Hbond substituents is 1. The van der Waals surface area contributed by atoms with E-state index in [1.165, 1.54) is 37.6 Å². The summed E-state index contributed by atoms with van der Waals surface area (Å²) < 4.78 is 0. The SMILES string of the molecule is CCC(C)CC(C)CCCCCCCCC(=O)N[C@H]1C[C@@H](O)CNC(=O)[C@@H]2[C@@H](O)CCN2C(=O)[C@H]([C@H](O)CC(N)=S)NC(=O)[C@H]([C@H](O)Cc2ccc(O)cc2)NC(=O)[C@@H]2C[C@@H](O)CN2C(=O)[C@H]([C@@H](C)O)NC1=O. The van der Waals surface area contributed by atoms with Crippen molar-refractivity contribution in [3.63, 3.8) is 0 Å². The van der Waals surface area contributed by atoms with E-state index < -0.39 is 147 Å². The van der Waals surface area contributed by atoms with Gasteiger partial charge in [-0.15, -0.1) is 0 Å². The molecule has 14 atom stereocenters. The van der Waals surface area contributed by atoms with Gasteiger partial charge in [0.1, 0.15) is 42.0 Å². The molecule has 0 aromatic heterocycles. The highest BCUT2D eigenvalue weighted by Gasteiger charge is 2.48. The number of phenols is 1. The van der Waals surface area contributed by atoms with Crippen LogP contribution < -0.4 is 32.3 Å². The van der Waals surface area contributed by atoms with Crippen LogP contribution in [-0.2, 0) is 40.0 Å². The minimum atomic E-state index is -1.98. The summed E-state index contributed by atoms with van der Waals surface area (Å²) in [6.07, 6.45) is -2.79. The molecule has 3 fully saturated rings. The molecule has 2 unspecified atom stereocenters. The number of β-amino-alcohol motifs (C(OH)–C–C–N with tert-alkyl or cyclic N) is 1. The van der Waals surface area contributed by atoms with E-state index in [1.807, 2.05) is 0 Å². The molecule has 1 aromatic rings. The van der Waals surface area contributed by atoms with Gasteiger partial charge >= 0.3 is 0 Å². The van der Waals surface area contributed by atoms with E-state index in [4.69, 9.17) is 18.0 Å². The Morgan fingerprint density at radius 2 is 1.38 bits per heavy atom. The van der Waals surface area contributed by atoms with Crippen molar-refractivity contribution in [2.24, 2.45) is 17.6 Å². The van der Waals surface area contributed by atoms with Crippen LogP contribution in [0, 0.1) is 11.8 Å². The van der Waals surface area contributed by atoms with Gasteiger partial charge in [0.15, 0.2) is 0 Å². The number of nitrogens with one attached hydrogen (secondary N) is 5. The van der Waals surface area contributed by atoms with Crippen LogP contribution in [0.3, 0.4) is 0 Å². The molecular formula is C50H80N8O14S. The number of aromatic hydroxyl groups is 1. The van der Waals surface area contributed by atoms with E-state index in [2.05, 4.69) is 47.4 Å². The lowest BCUT2D eigenvalue weighted by Gasteiger charge is -2.34. The fourth-order valence-corrected chi connectivity index (χ4v) is 9.92. The summed E-state index contributed by atoms with van der Waals surface area (Å²) in [6.45, 7) is 6.61. The molecule has 73 heavy (non-hydrogen) atoms. The second kappa shape index (κ2) is 29.2. The molecule has 410 valence electrons. The highest BCUT2D eigenvalue weighted by atomic mass is 32.1. The molecule has 0 radical (unpaired) electrons. The molecule has 3 saturated heterocycles. The number of nitrogens with zero attached hydrogens (tertiary/aromatic N) is 2. The smallest absolute Gasteiger partial charge is 0.248 e. The van der Waals surface area contributed by atoms with Crippen molar-refractivity contribution >= 4 is 58.6 Å². The number of benzene rings is 1. The number of rotatable bonds is 20. The minimum absolute atomic E-state index is 0.0158. The average molecular weight is 1050 g/mol. The fourth-order valence-electron chi connectivity index (χ4n) is 9.75. The van der Waals surface area contributed by atoms with Gasteiger partial charge < -0.3 is 77.9 Å². The average Bonchev–Trinajstić information content (AvgIpc) is 3.92. The number of unbranched alkanes of at least 4 members (excludes halogenated alkanes) is 5. The first kappa shape index (κ1) is 60.5. The highest BCUT2D eigenvalue weighted by Crippen LogP contribution is 2.25. The molecule has 3 aliphatic rings. The minimum Gasteiger partial charge on any atom is -0.508 e. The van der Waals surface area contributed by atoms with Gasteiger partial charge in [0.2, 0.25) is 41.4 Å². The Morgan fingerprint density at radius 1 is 0.767 bits per heavy atom. The highest BCUT2D eigenvalue weighted by molar-refractivity contribution is 7.80. The Morgan fingerprint density at radius 3 is 2.03 bits per heavy atom. The van der Waals surface area contributed by atoms with Crippen LogP contribution in [0.15, 0.2) is 24.3 Å². The van der Waals surface area contributed by atoms with Crippen molar-refractivity contribution in [3.8, 4) is 5.75 Å². The van der Waals surface area contributed by atoms with Crippen molar-refractivity contribution in [3.05, 3.63) is 29.8 Å². The van der Waals surface area contributed by atoms with Crippen molar-refractivity contribution in [1.29, 1.82) is 0 Å². The number of hydrogen-bond donors (Lipinski definition) is 13.